The van der Waals surface area contributed by atoms with E-state index < -0.39 is 0 Å². The van der Waals surface area contributed by atoms with Gasteiger partial charge in [-0.05, 0) is 12.0 Å². The first-order valence-corrected chi connectivity index (χ1v) is 7.01. The van der Waals surface area contributed by atoms with Gasteiger partial charge in [0.1, 0.15) is 0 Å². The molecule has 4 heteroatoms. The van der Waals surface area contributed by atoms with Gasteiger partial charge in [0.15, 0.2) is 0 Å². The lowest BCUT2D eigenvalue weighted by Gasteiger charge is -2.12. The minimum absolute atomic E-state index is 0.00769. The maximum Gasteiger partial charge on any atom is 0.224 e. The van der Waals surface area contributed by atoms with Crippen LogP contribution in [-0.2, 0) is 11.4 Å². The van der Waals surface area contributed by atoms with E-state index in [1.165, 1.54) is 19.3 Å². The summed E-state index contributed by atoms with van der Waals surface area (Å²) < 4.78 is 0. The number of amides is 1. The van der Waals surface area contributed by atoms with Gasteiger partial charge in [-0.25, -0.2) is 0 Å². The van der Waals surface area contributed by atoms with E-state index in [-0.39, 0.29) is 12.5 Å². The molecule has 0 saturated heterocycles. The molecule has 106 valence electrons. The monoisotopic (exact) mass is 264 g/mol. The van der Waals surface area contributed by atoms with Crippen molar-refractivity contribution >= 4 is 11.6 Å². The van der Waals surface area contributed by atoms with E-state index in [0.29, 0.717) is 23.6 Å². The third-order valence-electron chi connectivity index (χ3n) is 3.19. The largest absolute Gasteiger partial charge is 0.392 e. The van der Waals surface area contributed by atoms with Crippen molar-refractivity contribution in [3.8, 4) is 0 Å². The Morgan fingerprint density at radius 3 is 2.95 bits per heavy atom. The number of nitrogens with one attached hydrogen (secondary N) is 1. The third kappa shape index (κ3) is 5.83. The normalized spacial score (nSPS) is 12.2. The second-order valence-electron chi connectivity index (χ2n) is 5.04. The Balaban J connectivity index is 2.42. The summed E-state index contributed by atoms with van der Waals surface area (Å²) in [6.45, 7) is 4.19. The number of anilines is 1. The lowest BCUT2D eigenvalue weighted by Crippen LogP contribution is -2.16. The molecule has 1 aromatic rings. The number of aliphatic hydroxyl groups is 1. The Morgan fingerprint density at radius 1 is 1.47 bits per heavy atom. The van der Waals surface area contributed by atoms with Crippen molar-refractivity contribution in [1.82, 2.24) is 4.98 Å². The van der Waals surface area contributed by atoms with E-state index in [9.17, 15) is 9.90 Å². The molecule has 1 heterocycles. The number of carbonyl (C=O) groups excluding carboxylic acids is 1. The number of pyridine rings is 1. The van der Waals surface area contributed by atoms with Gasteiger partial charge in [-0.1, -0.05) is 39.5 Å². The smallest absolute Gasteiger partial charge is 0.224 e. The van der Waals surface area contributed by atoms with Crippen LogP contribution in [-0.4, -0.2) is 16.0 Å². The molecule has 0 radical (unpaired) electrons. The number of nitrogens with zero attached hydrogens (tertiary/aromatic N) is 1. The van der Waals surface area contributed by atoms with Crippen LogP contribution in [0.4, 0.5) is 5.69 Å². The number of aliphatic hydroxyl groups excluding tert-OH is 1. The molecule has 4 nitrogen and oxygen atoms in total. The molecule has 0 aliphatic carbocycles. The van der Waals surface area contributed by atoms with Gasteiger partial charge in [0, 0.05) is 18.2 Å². The van der Waals surface area contributed by atoms with Gasteiger partial charge in [0.05, 0.1) is 18.5 Å². The zero-order valence-electron chi connectivity index (χ0n) is 11.9. The fraction of sp³-hybridized carbons (Fsp3) is 0.600. The van der Waals surface area contributed by atoms with Crippen molar-refractivity contribution < 1.29 is 9.90 Å². The Kier molecular flexibility index (Phi) is 7.11. The average molecular weight is 264 g/mol. The fourth-order valence-electron chi connectivity index (χ4n) is 2.04. The van der Waals surface area contributed by atoms with Gasteiger partial charge in [-0.3, -0.25) is 9.78 Å². The van der Waals surface area contributed by atoms with E-state index in [4.69, 9.17) is 0 Å². The topological polar surface area (TPSA) is 62.2 Å². The second-order valence-corrected chi connectivity index (χ2v) is 5.04. The van der Waals surface area contributed by atoms with Crippen molar-refractivity contribution in [2.24, 2.45) is 5.92 Å². The van der Waals surface area contributed by atoms with E-state index in [1.807, 2.05) is 0 Å². The summed E-state index contributed by atoms with van der Waals surface area (Å²) >= 11 is 0. The van der Waals surface area contributed by atoms with E-state index in [1.54, 1.807) is 18.5 Å². The number of carbonyl (C=O) groups is 1. The van der Waals surface area contributed by atoms with Crippen LogP contribution in [0.5, 0.6) is 0 Å². The van der Waals surface area contributed by atoms with Crippen LogP contribution in [0, 0.1) is 5.92 Å². The van der Waals surface area contributed by atoms with Crippen LogP contribution in [0.15, 0.2) is 18.5 Å². The summed E-state index contributed by atoms with van der Waals surface area (Å²) in [7, 11) is 0. The van der Waals surface area contributed by atoms with Crippen molar-refractivity contribution in [2.75, 3.05) is 5.32 Å². The van der Waals surface area contributed by atoms with Gasteiger partial charge in [-0.15, -0.1) is 0 Å². The first kappa shape index (κ1) is 15.6. The third-order valence-corrected chi connectivity index (χ3v) is 3.19. The van der Waals surface area contributed by atoms with Gasteiger partial charge < -0.3 is 10.4 Å². The predicted octanol–water partition coefficient (Wildman–Crippen LogP) is 3.12. The summed E-state index contributed by atoms with van der Waals surface area (Å²) in [5.41, 5.74) is 1.30. The summed E-state index contributed by atoms with van der Waals surface area (Å²) in [6, 6.07) is 1.71. The average Bonchev–Trinajstić information content (AvgIpc) is 2.39. The highest BCUT2D eigenvalue weighted by atomic mass is 16.3. The Labute approximate surface area is 115 Å². The number of rotatable bonds is 8. The molecule has 0 bridgehead atoms. The fourth-order valence-corrected chi connectivity index (χ4v) is 2.04. The molecule has 1 unspecified atom stereocenters. The molecular formula is C15H24N2O2. The number of aromatic nitrogens is 1. The van der Waals surface area contributed by atoms with Crippen molar-refractivity contribution in [3.63, 3.8) is 0 Å². The molecule has 0 spiro atoms. The van der Waals surface area contributed by atoms with E-state index >= 15 is 0 Å². The zero-order chi connectivity index (χ0) is 14.1. The Morgan fingerprint density at radius 2 is 2.26 bits per heavy atom. The number of unbranched alkanes of at least 4 members (excludes halogenated alkanes) is 2. The number of hydrogen-bond acceptors (Lipinski definition) is 3. The van der Waals surface area contributed by atoms with Crippen LogP contribution in [0.1, 0.15) is 51.5 Å². The second kappa shape index (κ2) is 8.64. The van der Waals surface area contributed by atoms with Crippen LogP contribution < -0.4 is 5.32 Å². The summed E-state index contributed by atoms with van der Waals surface area (Å²) in [5, 5.41) is 12.0. The molecule has 0 aromatic carbocycles. The lowest BCUT2D eigenvalue weighted by atomic mass is 9.99. The van der Waals surface area contributed by atoms with Crippen molar-refractivity contribution in [3.05, 3.63) is 24.0 Å². The standard InChI is InChI=1S/C15H24N2O2/c1-3-4-5-6-12(2)9-15(19)17-14-10-16-8-7-13(14)11-18/h7-8,10,12,18H,3-6,9,11H2,1-2H3,(H,17,19). The minimum Gasteiger partial charge on any atom is -0.392 e. The highest BCUT2D eigenvalue weighted by Crippen LogP contribution is 2.17. The molecular weight excluding hydrogens is 240 g/mol. The molecule has 1 aromatic heterocycles. The minimum atomic E-state index is -0.0931. The highest BCUT2D eigenvalue weighted by Gasteiger charge is 2.11. The lowest BCUT2D eigenvalue weighted by molar-refractivity contribution is -0.117. The quantitative estimate of drug-likeness (QED) is 0.709. The molecule has 19 heavy (non-hydrogen) atoms. The molecule has 0 saturated carbocycles. The van der Waals surface area contributed by atoms with Crippen LogP contribution in [0.2, 0.25) is 0 Å². The van der Waals surface area contributed by atoms with Crippen LogP contribution in [0.25, 0.3) is 0 Å². The maximum atomic E-state index is 11.9. The molecule has 0 fully saturated rings. The van der Waals surface area contributed by atoms with Crippen molar-refractivity contribution in [2.45, 2.75) is 52.6 Å². The SMILES string of the molecule is CCCCCC(C)CC(=O)Nc1cnccc1CO. The Hall–Kier alpha value is -1.42. The highest BCUT2D eigenvalue weighted by molar-refractivity contribution is 5.91. The van der Waals surface area contributed by atoms with Gasteiger partial charge >= 0.3 is 0 Å². The van der Waals surface area contributed by atoms with Crippen LogP contribution in [0.3, 0.4) is 0 Å². The predicted molar refractivity (Wildman–Crippen MR) is 76.7 cm³/mol. The molecule has 1 amide bonds. The number of hydrogen-bond donors (Lipinski definition) is 2. The molecule has 0 aliphatic heterocycles. The van der Waals surface area contributed by atoms with Crippen molar-refractivity contribution in [1.29, 1.82) is 0 Å². The van der Waals surface area contributed by atoms with E-state index in [2.05, 4.69) is 24.1 Å². The van der Waals surface area contributed by atoms with Gasteiger partial charge in [0.2, 0.25) is 5.91 Å². The zero-order valence-corrected chi connectivity index (χ0v) is 11.9. The molecule has 0 aliphatic rings. The summed E-state index contributed by atoms with van der Waals surface area (Å²) in [5.74, 6) is 0.382. The van der Waals surface area contributed by atoms with E-state index in [0.717, 1.165) is 6.42 Å². The first-order chi connectivity index (χ1) is 9.17. The molecule has 1 atom stereocenters. The summed E-state index contributed by atoms with van der Waals surface area (Å²) in [6.07, 6.45) is 8.39. The summed E-state index contributed by atoms with van der Waals surface area (Å²) in [4.78, 5) is 15.9. The van der Waals surface area contributed by atoms with Crippen LogP contribution >= 0.6 is 0 Å². The molecule has 1 rings (SSSR count). The Bertz CT molecular complexity index is 393. The van der Waals surface area contributed by atoms with Gasteiger partial charge in [-0.2, -0.15) is 0 Å². The maximum absolute atomic E-state index is 11.9. The van der Waals surface area contributed by atoms with Gasteiger partial charge in [0.25, 0.3) is 0 Å². The first-order valence-electron chi connectivity index (χ1n) is 7.01. The molecule has 2 N–H and O–H groups in total.